The molecule has 0 spiro atoms. The molecule has 0 aliphatic carbocycles. The highest BCUT2D eigenvalue weighted by molar-refractivity contribution is 4.60. The fraction of sp³-hybridized carbons (Fsp3) is 1.00. The van der Waals surface area contributed by atoms with Gasteiger partial charge < -0.3 is 39.0 Å². The summed E-state index contributed by atoms with van der Waals surface area (Å²) in [7, 11) is 0. The first-order valence-electron chi connectivity index (χ1n) is 10.1. The normalized spacial score (nSPS) is 13.8. The van der Waals surface area contributed by atoms with Gasteiger partial charge in [-0.2, -0.15) is 0 Å². The number of aliphatic hydroxyl groups excluding tert-OH is 3. The zero-order valence-corrected chi connectivity index (χ0v) is 16.9. The molecule has 2 unspecified atom stereocenters. The molecule has 0 amide bonds. The quantitative estimate of drug-likeness (QED) is 0.230. The molecule has 0 aromatic rings. The number of rotatable bonds is 22. The van der Waals surface area contributed by atoms with E-state index in [0.29, 0.717) is 72.1 Å². The van der Waals surface area contributed by atoms with Gasteiger partial charge in [0.1, 0.15) is 12.2 Å². The Kier molecular flexibility index (Phi) is 21.7. The summed E-state index contributed by atoms with van der Waals surface area (Å²) < 4.78 is 28.3. The van der Waals surface area contributed by atoms with Crippen molar-refractivity contribution in [1.29, 1.82) is 0 Å². The minimum atomic E-state index is -0.234. The maximum absolute atomic E-state index is 8.88. The fourth-order valence-electron chi connectivity index (χ4n) is 2.09. The molecule has 0 rings (SSSR count). The van der Waals surface area contributed by atoms with E-state index in [1.54, 1.807) is 0 Å². The van der Waals surface area contributed by atoms with Crippen LogP contribution in [0.1, 0.15) is 39.0 Å². The van der Waals surface area contributed by atoms with Crippen molar-refractivity contribution >= 4 is 0 Å². The lowest BCUT2D eigenvalue weighted by Gasteiger charge is -2.21. The van der Waals surface area contributed by atoms with E-state index in [1.807, 2.05) is 0 Å². The number of hydrogen-bond donors (Lipinski definition) is 3. The van der Waals surface area contributed by atoms with E-state index in [-0.39, 0.29) is 32.0 Å². The molecule has 3 N–H and O–H groups in total. The van der Waals surface area contributed by atoms with Gasteiger partial charge in [0.25, 0.3) is 0 Å². The minimum absolute atomic E-state index is 0.0808. The highest BCUT2D eigenvalue weighted by atomic mass is 16.6. The van der Waals surface area contributed by atoms with Crippen LogP contribution in [0.15, 0.2) is 0 Å². The molecule has 8 nitrogen and oxygen atoms in total. The average Bonchev–Trinajstić information content (AvgIpc) is 2.68. The zero-order chi connectivity index (χ0) is 20.0. The smallest absolute Gasteiger partial charge is 0.104 e. The molecule has 0 bridgehead atoms. The van der Waals surface area contributed by atoms with E-state index in [9.17, 15) is 0 Å². The highest BCUT2D eigenvalue weighted by Crippen LogP contribution is 2.03. The van der Waals surface area contributed by atoms with E-state index >= 15 is 0 Å². The van der Waals surface area contributed by atoms with Gasteiger partial charge in [-0.1, -0.05) is 13.3 Å². The van der Waals surface area contributed by atoms with Gasteiger partial charge in [0.05, 0.1) is 26.4 Å². The van der Waals surface area contributed by atoms with Gasteiger partial charge in [-0.15, -0.1) is 0 Å². The molecule has 0 radical (unpaired) electrons. The van der Waals surface area contributed by atoms with E-state index in [2.05, 4.69) is 6.92 Å². The second-order valence-electron chi connectivity index (χ2n) is 6.26. The van der Waals surface area contributed by atoms with Crippen LogP contribution in [-0.2, 0) is 23.7 Å². The molecule has 0 aromatic heterocycles. The van der Waals surface area contributed by atoms with Crippen LogP contribution in [0.25, 0.3) is 0 Å². The largest absolute Gasteiger partial charge is 0.396 e. The lowest BCUT2D eigenvalue weighted by molar-refractivity contribution is -0.0968. The Morgan fingerprint density at radius 1 is 0.556 bits per heavy atom. The Morgan fingerprint density at radius 3 is 1.41 bits per heavy atom. The van der Waals surface area contributed by atoms with Crippen LogP contribution < -0.4 is 0 Å². The van der Waals surface area contributed by atoms with Crippen molar-refractivity contribution in [2.24, 2.45) is 0 Å². The first kappa shape index (κ1) is 26.7. The zero-order valence-electron chi connectivity index (χ0n) is 16.9. The van der Waals surface area contributed by atoms with Gasteiger partial charge in [-0.05, 0) is 25.7 Å². The molecule has 0 heterocycles. The molecule has 0 aliphatic rings. The van der Waals surface area contributed by atoms with Gasteiger partial charge in [-0.25, -0.2) is 0 Å². The first-order chi connectivity index (χ1) is 13.3. The van der Waals surface area contributed by atoms with Crippen molar-refractivity contribution in [3.8, 4) is 0 Å². The summed E-state index contributed by atoms with van der Waals surface area (Å²) in [6.07, 6.45) is 3.40. The Morgan fingerprint density at radius 2 is 0.963 bits per heavy atom. The van der Waals surface area contributed by atoms with Crippen LogP contribution in [0.5, 0.6) is 0 Å². The Labute approximate surface area is 163 Å². The topological polar surface area (TPSA) is 107 Å². The van der Waals surface area contributed by atoms with Crippen LogP contribution in [-0.4, -0.2) is 100 Å². The lowest BCUT2D eigenvalue weighted by Crippen LogP contribution is -2.31. The van der Waals surface area contributed by atoms with Crippen LogP contribution >= 0.6 is 0 Å². The minimum Gasteiger partial charge on any atom is -0.396 e. The molecular formula is C19H40O8. The van der Waals surface area contributed by atoms with Crippen molar-refractivity contribution in [1.82, 2.24) is 0 Å². The second kappa shape index (κ2) is 22.0. The van der Waals surface area contributed by atoms with E-state index in [4.69, 9.17) is 39.0 Å². The summed E-state index contributed by atoms with van der Waals surface area (Å²) in [4.78, 5) is 0. The SMILES string of the molecule is CCCCOC(COCCCO)COCC(COCCCO)OCCCO. The van der Waals surface area contributed by atoms with Crippen LogP contribution in [0.2, 0.25) is 0 Å². The maximum Gasteiger partial charge on any atom is 0.104 e. The molecule has 27 heavy (non-hydrogen) atoms. The summed E-state index contributed by atoms with van der Waals surface area (Å²) >= 11 is 0. The number of hydrogen-bond acceptors (Lipinski definition) is 8. The Balaban J connectivity index is 4.18. The number of aliphatic hydroxyl groups is 3. The molecular weight excluding hydrogens is 356 g/mol. The summed E-state index contributed by atoms with van der Waals surface area (Å²) in [5, 5.41) is 26.5. The molecule has 0 saturated heterocycles. The van der Waals surface area contributed by atoms with Crippen molar-refractivity contribution in [2.45, 2.75) is 51.2 Å². The second-order valence-corrected chi connectivity index (χ2v) is 6.26. The molecule has 2 atom stereocenters. The van der Waals surface area contributed by atoms with Gasteiger partial charge in [-0.3, -0.25) is 0 Å². The van der Waals surface area contributed by atoms with E-state index < -0.39 is 0 Å². The van der Waals surface area contributed by atoms with Crippen LogP contribution in [0.4, 0.5) is 0 Å². The predicted octanol–water partition coefficient (Wildman–Crippen LogP) is 0.754. The van der Waals surface area contributed by atoms with E-state index in [0.717, 1.165) is 12.8 Å². The van der Waals surface area contributed by atoms with Crippen molar-refractivity contribution in [3.63, 3.8) is 0 Å². The third-order valence-corrected chi connectivity index (χ3v) is 3.62. The van der Waals surface area contributed by atoms with Gasteiger partial charge >= 0.3 is 0 Å². The van der Waals surface area contributed by atoms with Crippen LogP contribution in [0.3, 0.4) is 0 Å². The first-order valence-corrected chi connectivity index (χ1v) is 10.1. The van der Waals surface area contributed by atoms with Gasteiger partial charge in [0.15, 0.2) is 0 Å². The molecule has 0 aromatic carbocycles. The third-order valence-electron chi connectivity index (χ3n) is 3.62. The fourth-order valence-corrected chi connectivity index (χ4v) is 2.09. The van der Waals surface area contributed by atoms with Gasteiger partial charge in [0.2, 0.25) is 0 Å². The molecule has 0 saturated carbocycles. The lowest BCUT2D eigenvalue weighted by atomic mass is 10.3. The Hall–Kier alpha value is -0.320. The van der Waals surface area contributed by atoms with Crippen molar-refractivity contribution in [2.75, 3.05) is 72.7 Å². The summed E-state index contributed by atoms with van der Waals surface area (Å²) in [6.45, 7) is 6.01. The summed E-state index contributed by atoms with van der Waals surface area (Å²) in [5.41, 5.74) is 0. The predicted molar refractivity (Wildman–Crippen MR) is 102 cm³/mol. The maximum atomic E-state index is 8.88. The molecule has 8 heteroatoms. The highest BCUT2D eigenvalue weighted by Gasteiger charge is 2.14. The van der Waals surface area contributed by atoms with Crippen LogP contribution in [0, 0.1) is 0 Å². The Bertz CT molecular complexity index is 254. The summed E-state index contributed by atoms with van der Waals surface area (Å²) in [5.74, 6) is 0. The molecule has 0 fully saturated rings. The average molecular weight is 397 g/mol. The van der Waals surface area contributed by atoms with Gasteiger partial charge in [0, 0.05) is 46.2 Å². The number of unbranched alkanes of at least 4 members (excludes halogenated alkanes) is 1. The summed E-state index contributed by atoms with van der Waals surface area (Å²) in [6, 6.07) is 0. The standard InChI is InChI=1S/C19H40O8/c1-2-3-12-26-18(14-23-10-4-7-20)16-25-17-19(27-13-6-9-22)15-24-11-5-8-21/h18-22H,2-17H2,1H3. The monoisotopic (exact) mass is 396 g/mol. The number of ether oxygens (including phenoxy) is 5. The van der Waals surface area contributed by atoms with Crippen molar-refractivity contribution < 1.29 is 39.0 Å². The van der Waals surface area contributed by atoms with E-state index in [1.165, 1.54) is 0 Å². The third kappa shape index (κ3) is 18.8. The van der Waals surface area contributed by atoms with Crippen molar-refractivity contribution in [3.05, 3.63) is 0 Å². The molecule has 0 aliphatic heterocycles. The molecule has 164 valence electrons.